The van der Waals surface area contributed by atoms with Crippen molar-refractivity contribution in [3.8, 4) is 0 Å². The quantitative estimate of drug-likeness (QED) is 0.675. The molecule has 0 unspecified atom stereocenters. The predicted octanol–water partition coefficient (Wildman–Crippen LogP) is 3.24. The fraction of sp³-hybridized carbons (Fsp3) is 0.273. The number of benzene rings is 2. The van der Waals surface area contributed by atoms with Crippen molar-refractivity contribution in [2.24, 2.45) is 7.05 Å². The van der Waals surface area contributed by atoms with Crippen LogP contribution in [0.15, 0.2) is 71.8 Å². The zero-order chi connectivity index (χ0) is 20.4. The van der Waals surface area contributed by atoms with E-state index in [0.717, 1.165) is 37.3 Å². The highest BCUT2D eigenvalue weighted by Crippen LogP contribution is 2.28. The molecule has 3 aromatic rings. The van der Waals surface area contributed by atoms with Gasteiger partial charge in [-0.2, -0.15) is 0 Å². The SMILES string of the molecule is Cn1cccc1[C@@H](CNS(=O)(=O)c1ccc(F)cc1)N1CCc2ccccc2C1. The van der Waals surface area contributed by atoms with Crippen molar-refractivity contribution in [1.29, 1.82) is 0 Å². The molecule has 5 nitrogen and oxygen atoms in total. The lowest BCUT2D eigenvalue weighted by Gasteiger charge is -2.36. The molecule has 2 aromatic carbocycles. The first-order valence-electron chi connectivity index (χ1n) is 9.61. The Morgan fingerprint density at radius 3 is 2.45 bits per heavy atom. The van der Waals surface area contributed by atoms with Gasteiger partial charge in [-0.05, 0) is 53.9 Å². The molecule has 0 amide bonds. The van der Waals surface area contributed by atoms with Crippen LogP contribution < -0.4 is 4.72 Å². The third-order valence-electron chi connectivity index (χ3n) is 5.52. The van der Waals surface area contributed by atoms with Gasteiger partial charge in [0.25, 0.3) is 0 Å². The number of hydrogen-bond acceptors (Lipinski definition) is 3. The molecule has 0 radical (unpaired) electrons. The Bertz CT molecular complexity index is 1090. The zero-order valence-corrected chi connectivity index (χ0v) is 17.1. The van der Waals surface area contributed by atoms with E-state index < -0.39 is 15.8 Å². The minimum atomic E-state index is -3.73. The van der Waals surface area contributed by atoms with Crippen molar-refractivity contribution in [3.05, 3.63) is 89.5 Å². The van der Waals surface area contributed by atoms with Gasteiger partial charge in [-0.1, -0.05) is 24.3 Å². The van der Waals surface area contributed by atoms with Crippen molar-refractivity contribution in [1.82, 2.24) is 14.2 Å². The number of fused-ring (bicyclic) bond motifs is 1. The molecule has 0 saturated carbocycles. The Balaban J connectivity index is 1.57. The van der Waals surface area contributed by atoms with Crippen molar-refractivity contribution < 1.29 is 12.8 Å². The summed E-state index contributed by atoms with van der Waals surface area (Å²) in [5.74, 6) is -0.461. The van der Waals surface area contributed by atoms with Crippen LogP contribution in [-0.4, -0.2) is 31.0 Å². The van der Waals surface area contributed by atoms with Crippen LogP contribution in [0.3, 0.4) is 0 Å². The second-order valence-electron chi connectivity index (χ2n) is 7.35. The third kappa shape index (κ3) is 4.27. The highest BCUT2D eigenvalue weighted by atomic mass is 32.2. The van der Waals surface area contributed by atoms with Crippen LogP contribution in [0, 0.1) is 5.82 Å². The number of halogens is 1. The number of aryl methyl sites for hydroxylation is 1. The Kier molecular flexibility index (Phi) is 5.54. The number of rotatable bonds is 6. The molecule has 0 fully saturated rings. The second-order valence-corrected chi connectivity index (χ2v) is 9.12. The normalized spacial score (nSPS) is 15.8. The average molecular weight is 414 g/mol. The third-order valence-corrected chi connectivity index (χ3v) is 6.96. The molecule has 2 heterocycles. The van der Waals surface area contributed by atoms with Crippen LogP contribution in [-0.2, 0) is 30.0 Å². The molecule has 0 spiro atoms. The Hall–Kier alpha value is -2.48. The van der Waals surface area contributed by atoms with E-state index in [2.05, 4.69) is 27.8 Å². The van der Waals surface area contributed by atoms with Gasteiger partial charge >= 0.3 is 0 Å². The minimum Gasteiger partial charge on any atom is -0.353 e. The summed E-state index contributed by atoms with van der Waals surface area (Å²) in [4.78, 5) is 2.37. The van der Waals surface area contributed by atoms with Crippen LogP contribution in [0.25, 0.3) is 0 Å². The maximum atomic E-state index is 13.2. The van der Waals surface area contributed by atoms with Gasteiger partial charge in [-0.15, -0.1) is 0 Å². The molecule has 4 rings (SSSR count). The molecular formula is C22H24FN3O2S. The molecule has 1 N–H and O–H groups in total. The minimum absolute atomic E-state index is 0.0634. The highest BCUT2D eigenvalue weighted by Gasteiger charge is 2.28. The topological polar surface area (TPSA) is 54.3 Å². The number of hydrogen-bond donors (Lipinski definition) is 1. The fourth-order valence-electron chi connectivity index (χ4n) is 3.91. The maximum Gasteiger partial charge on any atom is 0.240 e. The van der Waals surface area contributed by atoms with Crippen molar-refractivity contribution in [2.45, 2.75) is 23.9 Å². The summed E-state index contributed by atoms with van der Waals surface area (Å²) >= 11 is 0. The lowest BCUT2D eigenvalue weighted by Crippen LogP contribution is -2.41. The number of aromatic nitrogens is 1. The molecule has 0 bridgehead atoms. The lowest BCUT2D eigenvalue weighted by molar-refractivity contribution is 0.174. The van der Waals surface area contributed by atoms with Crippen LogP contribution in [0.5, 0.6) is 0 Å². The number of nitrogens with zero attached hydrogens (tertiary/aromatic N) is 2. The van der Waals surface area contributed by atoms with Crippen molar-refractivity contribution in [2.75, 3.05) is 13.1 Å². The molecule has 7 heteroatoms. The van der Waals surface area contributed by atoms with E-state index >= 15 is 0 Å². The summed E-state index contributed by atoms with van der Waals surface area (Å²) < 4.78 is 43.4. The maximum absolute atomic E-state index is 13.2. The molecule has 0 aliphatic carbocycles. The lowest BCUT2D eigenvalue weighted by atomic mass is 9.98. The molecule has 29 heavy (non-hydrogen) atoms. The fourth-order valence-corrected chi connectivity index (χ4v) is 4.95. The second kappa shape index (κ2) is 8.10. The number of sulfonamides is 1. The number of nitrogens with one attached hydrogen (secondary N) is 1. The Morgan fingerprint density at radius 1 is 1.03 bits per heavy atom. The molecular weight excluding hydrogens is 389 g/mol. The standard InChI is InChI=1S/C22H24FN3O2S/c1-25-13-4-7-21(25)22(26-14-12-17-5-2-3-6-18(17)16-26)15-24-29(27,28)20-10-8-19(23)9-11-20/h2-11,13,22,24H,12,14-16H2,1H3/t22-/m1/s1. The van der Waals surface area contributed by atoms with Gasteiger partial charge in [-0.25, -0.2) is 17.5 Å². The Labute approximate surface area is 170 Å². The van der Waals surface area contributed by atoms with E-state index in [4.69, 9.17) is 0 Å². The van der Waals surface area contributed by atoms with Gasteiger partial charge in [0.05, 0.1) is 10.9 Å². The summed E-state index contributed by atoms with van der Waals surface area (Å²) in [6.45, 7) is 1.86. The van der Waals surface area contributed by atoms with Crippen molar-refractivity contribution >= 4 is 10.0 Å². The van der Waals surface area contributed by atoms with Crippen LogP contribution in [0.4, 0.5) is 4.39 Å². The van der Waals surface area contributed by atoms with E-state index in [1.54, 1.807) is 0 Å². The monoisotopic (exact) mass is 413 g/mol. The zero-order valence-electron chi connectivity index (χ0n) is 16.3. The first kappa shape index (κ1) is 19.8. The molecule has 0 saturated heterocycles. The molecule has 152 valence electrons. The summed E-state index contributed by atoms with van der Waals surface area (Å²) in [5.41, 5.74) is 3.67. The first-order valence-corrected chi connectivity index (χ1v) is 11.1. The molecule has 1 aliphatic rings. The van der Waals surface area contributed by atoms with E-state index in [0.29, 0.717) is 0 Å². The summed E-state index contributed by atoms with van der Waals surface area (Å²) in [5, 5.41) is 0. The van der Waals surface area contributed by atoms with Crippen LogP contribution in [0.2, 0.25) is 0 Å². The molecule has 1 atom stereocenters. The van der Waals surface area contributed by atoms with E-state index in [-0.39, 0.29) is 17.5 Å². The van der Waals surface area contributed by atoms with Gasteiger partial charge in [-0.3, -0.25) is 4.90 Å². The van der Waals surface area contributed by atoms with Gasteiger partial charge < -0.3 is 4.57 Å². The first-order chi connectivity index (χ1) is 13.9. The summed E-state index contributed by atoms with van der Waals surface area (Å²) in [7, 11) is -1.76. The smallest absolute Gasteiger partial charge is 0.240 e. The van der Waals surface area contributed by atoms with Gasteiger partial charge in [0, 0.05) is 38.6 Å². The highest BCUT2D eigenvalue weighted by molar-refractivity contribution is 7.89. The van der Waals surface area contributed by atoms with E-state index in [1.165, 1.54) is 23.3 Å². The van der Waals surface area contributed by atoms with Crippen LogP contribution in [0.1, 0.15) is 22.9 Å². The summed E-state index contributed by atoms with van der Waals surface area (Å²) in [6, 6.07) is 17.1. The van der Waals surface area contributed by atoms with Crippen molar-refractivity contribution in [3.63, 3.8) is 0 Å². The van der Waals surface area contributed by atoms with Gasteiger partial charge in [0.2, 0.25) is 10.0 Å². The summed E-state index contributed by atoms with van der Waals surface area (Å²) in [6.07, 6.45) is 2.90. The largest absolute Gasteiger partial charge is 0.353 e. The van der Waals surface area contributed by atoms with E-state index in [1.807, 2.05) is 36.0 Å². The van der Waals surface area contributed by atoms with Crippen LogP contribution >= 0.6 is 0 Å². The Morgan fingerprint density at radius 2 is 1.76 bits per heavy atom. The average Bonchev–Trinajstić information content (AvgIpc) is 3.14. The van der Waals surface area contributed by atoms with E-state index in [9.17, 15) is 12.8 Å². The van der Waals surface area contributed by atoms with Gasteiger partial charge in [0.1, 0.15) is 5.82 Å². The molecule has 1 aromatic heterocycles. The predicted molar refractivity (Wildman–Crippen MR) is 110 cm³/mol. The van der Waals surface area contributed by atoms with Gasteiger partial charge in [0.15, 0.2) is 0 Å². The molecule has 1 aliphatic heterocycles.